The summed E-state index contributed by atoms with van der Waals surface area (Å²) >= 11 is 0. The van der Waals surface area contributed by atoms with Crippen LogP contribution in [0.3, 0.4) is 0 Å². The van der Waals surface area contributed by atoms with Crippen LogP contribution in [0, 0.1) is 5.92 Å². The molecule has 6 heteroatoms. The van der Waals surface area contributed by atoms with Crippen molar-refractivity contribution < 1.29 is 4.79 Å². The van der Waals surface area contributed by atoms with Crippen LogP contribution in [-0.4, -0.2) is 48.4 Å². The molecule has 0 heterocycles. The monoisotopic (exact) mass is 377 g/mol. The van der Waals surface area contributed by atoms with Gasteiger partial charge in [0.1, 0.15) is 0 Å². The molecule has 0 aliphatic heterocycles. The van der Waals surface area contributed by atoms with Crippen LogP contribution < -0.4 is 5.73 Å². The van der Waals surface area contributed by atoms with Gasteiger partial charge in [0.05, 0.1) is 6.42 Å². The number of amides is 1. The number of carbonyl (C=O) groups is 1. The minimum absolute atomic E-state index is 0. The zero-order valence-corrected chi connectivity index (χ0v) is 17.0. The van der Waals surface area contributed by atoms with Crippen molar-refractivity contribution in [2.75, 3.05) is 38.5 Å². The molecule has 0 spiro atoms. The second-order valence-electron chi connectivity index (χ2n) is 6.18. The van der Waals surface area contributed by atoms with E-state index >= 15 is 0 Å². The second-order valence-corrected chi connectivity index (χ2v) is 6.18. The largest absolute Gasteiger partial charge is 0.399 e. The lowest BCUT2D eigenvalue weighted by Gasteiger charge is -2.28. The van der Waals surface area contributed by atoms with Gasteiger partial charge in [-0.05, 0) is 36.7 Å². The first-order chi connectivity index (χ1) is 10.5. The Hall–Kier alpha value is -0.970. The standard InChI is InChI=1S/C18H31N3O.2ClH/c1-5-20(6-2)11-12-21(14-15(3)4)18(22)13-16-7-9-17(19)10-8-16;;/h7-10,15H,5-6,11-14,19H2,1-4H3;2*1H. The van der Waals surface area contributed by atoms with Gasteiger partial charge in [-0.3, -0.25) is 4.79 Å². The molecule has 24 heavy (non-hydrogen) atoms. The summed E-state index contributed by atoms with van der Waals surface area (Å²) in [7, 11) is 0. The number of nitrogen functional groups attached to an aromatic ring is 1. The Morgan fingerprint density at radius 3 is 2.04 bits per heavy atom. The molecular formula is C18H33Cl2N3O. The molecule has 0 aliphatic rings. The van der Waals surface area contributed by atoms with E-state index in [4.69, 9.17) is 5.73 Å². The number of anilines is 1. The average Bonchev–Trinajstić information content (AvgIpc) is 2.49. The lowest BCUT2D eigenvalue weighted by atomic mass is 10.1. The molecule has 0 saturated carbocycles. The van der Waals surface area contributed by atoms with Gasteiger partial charge in [-0.1, -0.05) is 39.8 Å². The maximum Gasteiger partial charge on any atom is 0.227 e. The third-order valence-electron chi connectivity index (χ3n) is 3.85. The first-order valence-corrected chi connectivity index (χ1v) is 8.30. The molecular weight excluding hydrogens is 345 g/mol. The van der Waals surface area contributed by atoms with Crippen molar-refractivity contribution in [2.24, 2.45) is 5.92 Å². The van der Waals surface area contributed by atoms with Gasteiger partial charge in [0.25, 0.3) is 0 Å². The van der Waals surface area contributed by atoms with E-state index < -0.39 is 0 Å². The third kappa shape index (κ3) is 9.36. The van der Waals surface area contributed by atoms with E-state index in [9.17, 15) is 4.79 Å². The highest BCUT2D eigenvalue weighted by Crippen LogP contribution is 2.09. The Morgan fingerprint density at radius 1 is 1.04 bits per heavy atom. The number of benzene rings is 1. The summed E-state index contributed by atoms with van der Waals surface area (Å²) in [5.74, 6) is 0.678. The van der Waals surface area contributed by atoms with Crippen LogP contribution >= 0.6 is 24.8 Å². The Kier molecular flexibility index (Phi) is 14.0. The van der Waals surface area contributed by atoms with Crippen LogP contribution in [0.2, 0.25) is 0 Å². The Balaban J connectivity index is 0. The molecule has 1 aromatic rings. The lowest BCUT2D eigenvalue weighted by molar-refractivity contribution is -0.131. The highest BCUT2D eigenvalue weighted by molar-refractivity contribution is 5.85. The van der Waals surface area contributed by atoms with Crippen molar-refractivity contribution in [3.63, 3.8) is 0 Å². The first kappa shape index (κ1) is 25.3. The minimum Gasteiger partial charge on any atom is -0.399 e. The molecule has 0 bridgehead atoms. The summed E-state index contributed by atoms with van der Waals surface area (Å²) < 4.78 is 0. The van der Waals surface area contributed by atoms with Gasteiger partial charge in [0, 0.05) is 25.3 Å². The van der Waals surface area contributed by atoms with Crippen LogP contribution in [0.4, 0.5) is 5.69 Å². The van der Waals surface area contributed by atoms with Gasteiger partial charge in [-0.2, -0.15) is 0 Å². The molecule has 0 saturated heterocycles. The van der Waals surface area contributed by atoms with Crippen molar-refractivity contribution in [1.29, 1.82) is 0 Å². The SMILES string of the molecule is CCN(CC)CCN(CC(C)C)C(=O)Cc1ccc(N)cc1.Cl.Cl. The van der Waals surface area contributed by atoms with Crippen LogP contribution in [0.25, 0.3) is 0 Å². The van der Waals surface area contributed by atoms with Crippen molar-refractivity contribution in [2.45, 2.75) is 34.1 Å². The van der Waals surface area contributed by atoms with Crippen LogP contribution in [0.15, 0.2) is 24.3 Å². The molecule has 0 unspecified atom stereocenters. The van der Waals surface area contributed by atoms with Crippen molar-refractivity contribution in [1.82, 2.24) is 9.80 Å². The molecule has 0 aliphatic carbocycles. The fraction of sp³-hybridized carbons (Fsp3) is 0.611. The van der Waals surface area contributed by atoms with E-state index in [0.29, 0.717) is 12.3 Å². The number of hydrogen-bond acceptors (Lipinski definition) is 3. The maximum atomic E-state index is 12.6. The fourth-order valence-corrected chi connectivity index (χ4v) is 2.48. The van der Waals surface area contributed by atoms with E-state index in [1.165, 1.54) is 0 Å². The highest BCUT2D eigenvalue weighted by atomic mass is 35.5. The number of nitrogens with two attached hydrogens (primary N) is 1. The first-order valence-electron chi connectivity index (χ1n) is 8.30. The summed E-state index contributed by atoms with van der Waals surface area (Å²) in [5.41, 5.74) is 7.45. The van der Waals surface area contributed by atoms with Crippen molar-refractivity contribution in [3.8, 4) is 0 Å². The summed E-state index contributed by atoms with van der Waals surface area (Å²) in [6, 6.07) is 7.58. The number of nitrogens with zero attached hydrogens (tertiary/aromatic N) is 2. The molecule has 0 atom stereocenters. The molecule has 4 nitrogen and oxygen atoms in total. The van der Waals surface area contributed by atoms with Gasteiger partial charge in [-0.15, -0.1) is 24.8 Å². The van der Waals surface area contributed by atoms with Crippen molar-refractivity contribution >= 4 is 36.4 Å². The summed E-state index contributed by atoms with van der Waals surface area (Å²) in [5, 5.41) is 0. The third-order valence-corrected chi connectivity index (χ3v) is 3.85. The fourth-order valence-electron chi connectivity index (χ4n) is 2.48. The van der Waals surface area contributed by atoms with E-state index in [0.717, 1.165) is 44.0 Å². The molecule has 1 amide bonds. The van der Waals surface area contributed by atoms with Crippen molar-refractivity contribution in [3.05, 3.63) is 29.8 Å². The number of hydrogen-bond donors (Lipinski definition) is 1. The number of likely N-dealkylation sites (N-methyl/N-ethyl adjacent to an activating group) is 1. The number of rotatable bonds is 9. The molecule has 0 fully saturated rings. The number of halogens is 2. The Labute approximate surface area is 159 Å². The minimum atomic E-state index is 0. The summed E-state index contributed by atoms with van der Waals surface area (Å²) in [6.07, 6.45) is 0.450. The topological polar surface area (TPSA) is 49.6 Å². The Bertz CT molecular complexity index is 448. The van der Waals surface area contributed by atoms with E-state index in [2.05, 4.69) is 32.6 Å². The van der Waals surface area contributed by atoms with Gasteiger partial charge < -0.3 is 15.5 Å². The van der Waals surface area contributed by atoms with Gasteiger partial charge >= 0.3 is 0 Å². The van der Waals surface area contributed by atoms with Crippen LogP contribution in [0.5, 0.6) is 0 Å². The van der Waals surface area contributed by atoms with E-state index in [-0.39, 0.29) is 30.7 Å². The predicted molar refractivity (Wildman–Crippen MR) is 108 cm³/mol. The van der Waals surface area contributed by atoms with E-state index in [1.807, 2.05) is 29.2 Å². The molecule has 0 aromatic heterocycles. The Morgan fingerprint density at radius 2 is 1.58 bits per heavy atom. The predicted octanol–water partition coefficient (Wildman–Crippen LogP) is 3.48. The average molecular weight is 378 g/mol. The second kappa shape index (κ2) is 13.3. The smallest absolute Gasteiger partial charge is 0.227 e. The van der Waals surface area contributed by atoms with Gasteiger partial charge in [0.2, 0.25) is 5.91 Å². The van der Waals surface area contributed by atoms with Gasteiger partial charge in [0.15, 0.2) is 0 Å². The zero-order valence-electron chi connectivity index (χ0n) is 15.3. The highest BCUT2D eigenvalue weighted by Gasteiger charge is 2.16. The molecule has 1 rings (SSSR count). The molecule has 2 N–H and O–H groups in total. The maximum absolute atomic E-state index is 12.6. The molecule has 1 aromatic carbocycles. The summed E-state index contributed by atoms with van der Waals surface area (Å²) in [4.78, 5) is 16.9. The summed E-state index contributed by atoms with van der Waals surface area (Å²) in [6.45, 7) is 13.2. The van der Waals surface area contributed by atoms with E-state index in [1.54, 1.807) is 0 Å². The van der Waals surface area contributed by atoms with Crippen LogP contribution in [0.1, 0.15) is 33.3 Å². The molecule has 0 radical (unpaired) electrons. The quantitative estimate of drug-likeness (QED) is 0.670. The van der Waals surface area contributed by atoms with Gasteiger partial charge in [-0.25, -0.2) is 0 Å². The zero-order chi connectivity index (χ0) is 16.5. The normalized spacial score (nSPS) is 10.2. The lowest BCUT2D eigenvalue weighted by Crippen LogP contribution is -2.41. The van der Waals surface area contributed by atoms with Crippen LogP contribution in [-0.2, 0) is 11.2 Å². The number of carbonyl (C=O) groups excluding carboxylic acids is 1. The molecule has 140 valence electrons.